The van der Waals surface area contributed by atoms with Crippen LogP contribution in [0.4, 0.5) is 0 Å². The van der Waals surface area contributed by atoms with E-state index in [-0.39, 0.29) is 37.1 Å². The molecule has 9 heteroatoms. The maximum atomic E-state index is 13.4. The van der Waals surface area contributed by atoms with E-state index in [9.17, 15) is 9.59 Å². The Morgan fingerprint density at radius 2 is 2.09 bits per heavy atom. The third kappa shape index (κ3) is 4.63. The second kappa shape index (κ2) is 9.70. The maximum absolute atomic E-state index is 13.4. The Bertz CT molecular complexity index is 1010. The normalized spacial score (nSPS) is 17.1. The van der Waals surface area contributed by atoms with Crippen LogP contribution in [0.15, 0.2) is 40.8 Å². The van der Waals surface area contributed by atoms with Crippen LogP contribution in [0.3, 0.4) is 0 Å². The molecule has 1 aromatic heterocycles. The first-order valence-electron chi connectivity index (χ1n) is 10.6. The van der Waals surface area contributed by atoms with E-state index < -0.39 is 0 Å². The first-order chi connectivity index (χ1) is 15.5. The highest BCUT2D eigenvalue weighted by Crippen LogP contribution is 2.39. The minimum absolute atomic E-state index is 0.0529. The van der Waals surface area contributed by atoms with Gasteiger partial charge in [0, 0.05) is 26.0 Å². The van der Waals surface area contributed by atoms with E-state index in [1.165, 1.54) is 5.01 Å². The van der Waals surface area contributed by atoms with Gasteiger partial charge in [-0.1, -0.05) is 26.0 Å². The van der Waals surface area contributed by atoms with Gasteiger partial charge >= 0.3 is 0 Å². The van der Waals surface area contributed by atoms with Crippen LogP contribution < -0.4 is 9.47 Å². The molecule has 0 N–H and O–H groups in total. The zero-order chi connectivity index (χ0) is 22.7. The SMILES string of the molecule is COCCN(CC(=O)N1N=C(c2cccs2)CC1c1ccc2c(c1)OCO2)C(=O)C(C)C. The summed E-state index contributed by atoms with van der Waals surface area (Å²) in [4.78, 5) is 28.7. The van der Waals surface area contributed by atoms with Gasteiger partial charge in [-0.15, -0.1) is 11.3 Å². The highest BCUT2D eigenvalue weighted by Gasteiger charge is 2.35. The van der Waals surface area contributed by atoms with Crippen molar-refractivity contribution in [1.82, 2.24) is 9.91 Å². The van der Waals surface area contributed by atoms with E-state index >= 15 is 0 Å². The molecule has 1 aromatic carbocycles. The van der Waals surface area contributed by atoms with Crippen molar-refractivity contribution in [3.05, 3.63) is 46.2 Å². The minimum atomic E-state index is -0.285. The molecule has 2 aromatic rings. The van der Waals surface area contributed by atoms with E-state index in [2.05, 4.69) is 5.10 Å². The molecule has 0 radical (unpaired) electrons. The van der Waals surface area contributed by atoms with E-state index in [1.807, 2.05) is 49.6 Å². The highest BCUT2D eigenvalue weighted by atomic mass is 32.1. The number of nitrogens with zero attached hydrogens (tertiary/aromatic N) is 3. The third-order valence-corrected chi connectivity index (χ3v) is 6.37. The van der Waals surface area contributed by atoms with Crippen LogP contribution in [-0.4, -0.2) is 61.0 Å². The lowest BCUT2D eigenvalue weighted by molar-refractivity contribution is -0.143. The monoisotopic (exact) mass is 457 g/mol. The van der Waals surface area contributed by atoms with Gasteiger partial charge < -0.3 is 19.1 Å². The molecule has 0 aliphatic carbocycles. The van der Waals surface area contributed by atoms with Crippen LogP contribution in [0.25, 0.3) is 0 Å². The Kier molecular flexibility index (Phi) is 6.76. The molecule has 0 spiro atoms. The second-order valence-electron chi connectivity index (χ2n) is 8.00. The molecular formula is C23H27N3O5S. The number of thiophene rings is 1. The van der Waals surface area contributed by atoms with Crippen molar-refractivity contribution in [3.63, 3.8) is 0 Å². The number of methoxy groups -OCH3 is 1. The van der Waals surface area contributed by atoms with Crippen molar-refractivity contribution in [2.75, 3.05) is 33.6 Å². The van der Waals surface area contributed by atoms with Crippen molar-refractivity contribution in [1.29, 1.82) is 0 Å². The summed E-state index contributed by atoms with van der Waals surface area (Å²) in [6.07, 6.45) is 0.585. The zero-order valence-electron chi connectivity index (χ0n) is 18.4. The largest absolute Gasteiger partial charge is 0.454 e. The summed E-state index contributed by atoms with van der Waals surface area (Å²) in [5, 5.41) is 8.19. The van der Waals surface area contributed by atoms with Gasteiger partial charge in [-0.05, 0) is 29.1 Å². The number of ether oxygens (including phenoxy) is 3. The van der Waals surface area contributed by atoms with Crippen molar-refractivity contribution in [2.45, 2.75) is 26.3 Å². The summed E-state index contributed by atoms with van der Waals surface area (Å²) in [5.41, 5.74) is 1.77. The number of fused-ring (bicyclic) bond motifs is 1. The topological polar surface area (TPSA) is 80.7 Å². The lowest BCUT2D eigenvalue weighted by atomic mass is 10.0. The highest BCUT2D eigenvalue weighted by molar-refractivity contribution is 7.12. The molecule has 1 atom stereocenters. The molecule has 2 aliphatic heterocycles. The van der Waals surface area contributed by atoms with Crippen LogP contribution in [0, 0.1) is 5.92 Å². The molecule has 3 heterocycles. The zero-order valence-corrected chi connectivity index (χ0v) is 19.3. The molecule has 32 heavy (non-hydrogen) atoms. The number of carbonyl (C=O) groups is 2. The van der Waals surface area contributed by atoms with E-state index in [0.29, 0.717) is 31.1 Å². The number of amides is 2. The molecule has 170 valence electrons. The summed E-state index contributed by atoms with van der Waals surface area (Å²) in [6, 6.07) is 9.39. The van der Waals surface area contributed by atoms with Crippen molar-refractivity contribution in [2.24, 2.45) is 11.0 Å². The number of hydrazone groups is 1. The fourth-order valence-electron chi connectivity index (χ4n) is 3.78. The predicted molar refractivity (Wildman–Crippen MR) is 121 cm³/mol. The number of hydrogen-bond donors (Lipinski definition) is 0. The molecule has 0 saturated carbocycles. The standard InChI is InChI=1S/C23H27N3O5S/c1-15(2)23(28)25(8-9-29-3)13-22(27)26-18(12-17(24-26)21-5-4-10-32-21)16-6-7-19-20(11-16)31-14-30-19/h4-7,10-11,15,18H,8-9,12-14H2,1-3H3. The molecule has 0 bridgehead atoms. The van der Waals surface area contributed by atoms with Crippen molar-refractivity contribution >= 4 is 28.9 Å². The van der Waals surface area contributed by atoms with Gasteiger partial charge in [-0.3, -0.25) is 9.59 Å². The van der Waals surface area contributed by atoms with Gasteiger partial charge in [0.15, 0.2) is 11.5 Å². The summed E-state index contributed by atoms with van der Waals surface area (Å²) in [7, 11) is 1.58. The van der Waals surface area contributed by atoms with Crippen molar-refractivity contribution in [3.8, 4) is 11.5 Å². The summed E-state index contributed by atoms with van der Waals surface area (Å²) in [6.45, 7) is 4.50. The second-order valence-corrected chi connectivity index (χ2v) is 8.95. The van der Waals surface area contributed by atoms with E-state index in [4.69, 9.17) is 14.2 Å². The molecule has 0 saturated heterocycles. The lowest BCUT2D eigenvalue weighted by Gasteiger charge is -2.28. The average molecular weight is 458 g/mol. The maximum Gasteiger partial charge on any atom is 0.262 e. The van der Waals surface area contributed by atoms with Crippen LogP contribution in [0.1, 0.15) is 36.8 Å². The number of rotatable bonds is 8. The van der Waals surface area contributed by atoms with Gasteiger partial charge in [0.2, 0.25) is 12.7 Å². The van der Waals surface area contributed by atoms with Gasteiger partial charge in [0.05, 0.1) is 23.2 Å². The van der Waals surface area contributed by atoms with Crippen LogP contribution in [0.5, 0.6) is 11.5 Å². The predicted octanol–water partition coefficient (Wildman–Crippen LogP) is 3.29. The summed E-state index contributed by atoms with van der Waals surface area (Å²) < 4.78 is 16.1. The molecule has 2 aliphatic rings. The van der Waals surface area contributed by atoms with Crippen molar-refractivity contribution < 1.29 is 23.8 Å². The van der Waals surface area contributed by atoms with Gasteiger partial charge in [0.25, 0.3) is 5.91 Å². The summed E-state index contributed by atoms with van der Waals surface area (Å²) >= 11 is 1.59. The molecule has 2 amide bonds. The number of benzene rings is 1. The molecule has 8 nitrogen and oxygen atoms in total. The fourth-order valence-corrected chi connectivity index (χ4v) is 4.50. The van der Waals surface area contributed by atoms with E-state index in [0.717, 1.165) is 16.2 Å². The average Bonchev–Trinajstić information content (AvgIpc) is 3.54. The molecule has 0 fully saturated rings. The third-order valence-electron chi connectivity index (χ3n) is 5.45. The lowest BCUT2D eigenvalue weighted by Crippen LogP contribution is -2.44. The van der Waals surface area contributed by atoms with Crippen LogP contribution in [0.2, 0.25) is 0 Å². The minimum Gasteiger partial charge on any atom is -0.454 e. The Morgan fingerprint density at radius 3 is 2.81 bits per heavy atom. The number of carbonyl (C=O) groups excluding carboxylic acids is 2. The Morgan fingerprint density at radius 1 is 1.28 bits per heavy atom. The van der Waals surface area contributed by atoms with Crippen LogP contribution in [-0.2, 0) is 14.3 Å². The Labute approximate surface area is 191 Å². The summed E-state index contributed by atoms with van der Waals surface area (Å²) in [5.74, 6) is 0.822. The number of hydrogen-bond acceptors (Lipinski definition) is 7. The quantitative estimate of drug-likeness (QED) is 0.608. The molecule has 4 rings (SSSR count). The van der Waals surface area contributed by atoms with Gasteiger partial charge in [0.1, 0.15) is 6.54 Å². The first kappa shape index (κ1) is 22.3. The van der Waals surface area contributed by atoms with Crippen LogP contribution >= 0.6 is 11.3 Å². The smallest absolute Gasteiger partial charge is 0.262 e. The Hall–Kier alpha value is -2.91. The van der Waals surface area contributed by atoms with E-state index in [1.54, 1.807) is 23.3 Å². The Balaban J connectivity index is 1.60. The van der Waals surface area contributed by atoms with Gasteiger partial charge in [-0.25, -0.2) is 5.01 Å². The van der Waals surface area contributed by atoms with Gasteiger partial charge in [-0.2, -0.15) is 5.10 Å². The first-order valence-corrected chi connectivity index (χ1v) is 11.5. The molecular weight excluding hydrogens is 430 g/mol. The fraction of sp³-hybridized carbons (Fsp3) is 0.435. The molecule has 1 unspecified atom stereocenters.